The van der Waals surface area contributed by atoms with Crippen molar-refractivity contribution in [2.45, 2.75) is 44.2 Å². The first-order valence-corrected chi connectivity index (χ1v) is 14.4. The van der Waals surface area contributed by atoms with Gasteiger partial charge < -0.3 is 4.74 Å². The minimum atomic E-state index is -3.46. The van der Waals surface area contributed by atoms with E-state index in [9.17, 15) is 22.8 Å². The number of benzene rings is 2. The maximum absolute atomic E-state index is 13.5. The molecule has 0 spiro atoms. The Bertz CT molecular complexity index is 1550. The molecule has 2 fully saturated rings. The summed E-state index contributed by atoms with van der Waals surface area (Å²) in [6, 6.07) is 12.2. The van der Waals surface area contributed by atoms with Gasteiger partial charge in [0.1, 0.15) is 11.8 Å². The topological polar surface area (TPSA) is 117 Å². The fraction of sp³-hybridized carbons (Fsp3) is 0.444. The van der Waals surface area contributed by atoms with E-state index >= 15 is 0 Å². The van der Waals surface area contributed by atoms with Gasteiger partial charge in [0.05, 0.1) is 37.6 Å². The highest BCUT2D eigenvalue weighted by atomic mass is 32.2. The Kier molecular flexibility index (Phi) is 6.91. The number of carbonyl (C=O) groups excluding carboxylic acids is 2. The summed E-state index contributed by atoms with van der Waals surface area (Å²) in [6.07, 6.45) is 3.10. The molecule has 0 N–H and O–H groups in total. The second-order valence-corrected chi connectivity index (χ2v) is 11.8. The molecule has 0 bridgehead atoms. The van der Waals surface area contributed by atoms with Crippen LogP contribution in [0.4, 0.5) is 0 Å². The molecule has 1 aromatic heterocycles. The molecule has 202 valence electrons. The average molecular weight is 542 g/mol. The molecular weight excluding hydrogens is 510 g/mol. The maximum Gasteiger partial charge on any atom is 0.329 e. The van der Waals surface area contributed by atoms with E-state index < -0.39 is 16.2 Å². The normalized spacial score (nSPS) is 22.1. The van der Waals surface area contributed by atoms with Crippen LogP contribution in [0, 0.1) is 5.92 Å². The van der Waals surface area contributed by atoms with Crippen molar-refractivity contribution in [3.05, 3.63) is 64.1 Å². The van der Waals surface area contributed by atoms with Gasteiger partial charge in [-0.2, -0.15) is 8.42 Å². The summed E-state index contributed by atoms with van der Waals surface area (Å²) in [5, 5.41) is 0. The van der Waals surface area contributed by atoms with Gasteiger partial charge in [-0.15, -0.1) is 0 Å². The predicted molar refractivity (Wildman–Crippen MR) is 140 cm³/mol. The molecule has 11 heteroatoms. The number of nitrogens with zero attached hydrogens (tertiary/aromatic N) is 3. The van der Waals surface area contributed by atoms with Crippen molar-refractivity contribution in [3.8, 4) is 5.75 Å². The molecule has 2 aliphatic rings. The lowest BCUT2D eigenvalue weighted by molar-refractivity contribution is -0.151. The maximum atomic E-state index is 13.5. The molecule has 0 radical (unpaired) electrons. The van der Waals surface area contributed by atoms with Crippen molar-refractivity contribution < 1.29 is 26.9 Å². The number of likely N-dealkylation sites (tertiary alicyclic amines) is 1. The van der Waals surface area contributed by atoms with Crippen LogP contribution in [0.15, 0.2) is 47.3 Å². The summed E-state index contributed by atoms with van der Waals surface area (Å²) in [6.45, 7) is 0.315. The zero-order chi connectivity index (χ0) is 27.2. The molecular formula is C27H31N3O7S. The van der Waals surface area contributed by atoms with Gasteiger partial charge in [-0.3, -0.25) is 27.8 Å². The van der Waals surface area contributed by atoms with E-state index in [1.807, 2.05) is 30.3 Å². The SMILES string of the molecule is COc1ccc(CN2C(=O)CCC(n3c(=O)n(C)c4cc(C5CC(COS(C)(=O)=O)C5)ccc43)C2=O)cc1. The first-order valence-electron chi connectivity index (χ1n) is 12.6. The number of imide groups is 1. The Morgan fingerprint density at radius 3 is 2.37 bits per heavy atom. The number of methoxy groups -OCH3 is 1. The van der Waals surface area contributed by atoms with E-state index in [1.54, 1.807) is 30.9 Å². The third kappa shape index (κ3) is 5.00. The standard InChI is InChI=1S/C27H31N3O7S/c1-28-24-14-19(20-12-18(13-20)16-37-38(3,34)35)6-9-22(24)30(27(28)33)23-10-11-25(31)29(26(23)32)15-17-4-7-21(36-2)8-5-17/h4-9,14,18,20,23H,10-13,15-16H2,1-3H3. The van der Waals surface area contributed by atoms with Gasteiger partial charge in [-0.1, -0.05) is 18.2 Å². The van der Waals surface area contributed by atoms with E-state index in [2.05, 4.69) is 0 Å². The summed E-state index contributed by atoms with van der Waals surface area (Å²) >= 11 is 0. The van der Waals surface area contributed by atoms with Crippen LogP contribution in [0.3, 0.4) is 0 Å². The number of amides is 2. The lowest BCUT2D eigenvalue weighted by Gasteiger charge is -2.35. The van der Waals surface area contributed by atoms with E-state index in [1.165, 1.54) is 9.47 Å². The van der Waals surface area contributed by atoms with Gasteiger partial charge in [0.15, 0.2) is 0 Å². The van der Waals surface area contributed by atoms with Crippen molar-refractivity contribution in [2.75, 3.05) is 20.0 Å². The second-order valence-electron chi connectivity index (χ2n) is 10.2. The molecule has 2 amide bonds. The van der Waals surface area contributed by atoms with Crippen LogP contribution >= 0.6 is 0 Å². The molecule has 1 unspecified atom stereocenters. The second kappa shape index (κ2) is 10.0. The fourth-order valence-electron chi connectivity index (χ4n) is 5.44. The van der Waals surface area contributed by atoms with Crippen LogP contribution < -0.4 is 10.4 Å². The first-order chi connectivity index (χ1) is 18.1. The highest BCUT2D eigenvalue weighted by Crippen LogP contribution is 2.42. The monoisotopic (exact) mass is 541 g/mol. The van der Waals surface area contributed by atoms with Gasteiger partial charge in [0, 0.05) is 13.5 Å². The van der Waals surface area contributed by atoms with Crippen LogP contribution in [0.2, 0.25) is 0 Å². The first kappa shape index (κ1) is 26.2. The zero-order valence-corrected chi connectivity index (χ0v) is 22.4. The quantitative estimate of drug-likeness (QED) is 0.318. The minimum absolute atomic E-state index is 0.133. The third-order valence-electron chi connectivity index (χ3n) is 7.63. The molecule has 10 nitrogen and oxygen atoms in total. The summed E-state index contributed by atoms with van der Waals surface area (Å²) < 4.78 is 35.6. The van der Waals surface area contributed by atoms with E-state index in [0.717, 1.165) is 35.7 Å². The molecule has 1 aliphatic heterocycles. The van der Waals surface area contributed by atoms with E-state index in [4.69, 9.17) is 8.92 Å². The fourth-order valence-corrected chi connectivity index (χ4v) is 5.88. The number of ether oxygens (including phenoxy) is 1. The smallest absolute Gasteiger partial charge is 0.329 e. The minimum Gasteiger partial charge on any atom is -0.497 e. The van der Waals surface area contributed by atoms with Gasteiger partial charge in [0.2, 0.25) is 5.91 Å². The van der Waals surface area contributed by atoms with Crippen LogP contribution in [0.5, 0.6) is 5.75 Å². The molecule has 2 heterocycles. The number of hydrogen-bond donors (Lipinski definition) is 0. The molecule has 5 rings (SSSR count). The number of piperidine rings is 1. The van der Waals surface area contributed by atoms with Gasteiger partial charge >= 0.3 is 5.69 Å². The number of rotatable bonds is 8. The van der Waals surface area contributed by atoms with Gasteiger partial charge in [-0.05, 0) is 66.5 Å². The van der Waals surface area contributed by atoms with E-state index in [0.29, 0.717) is 11.3 Å². The Hall–Kier alpha value is -3.44. The van der Waals surface area contributed by atoms with Crippen molar-refractivity contribution in [1.29, 1.82) is 0 Å². The van der Waals surface area contributed by atoms with Gasteiger partial charge in [-0.25, -0.2) is 4.79 Å². The number of fused-ring (bicyclic) bond motifs is 1. The number of carbonyl (C=O) groups is 2. The van der Waals surface area contributed by atoms with Gasteiger partial charge in [0.25, 0.3) is 16.0 Å². The lowest BCUT2D eigenvalue weighted by Crippen LogP contribution is -2.47. The molecule has 38 heavy (non-hydrogen) atoms. The molecule has 1 atom stereocenters. The third-order valence-corrected chi connectivity index (χ3v) is 8.20. The van der Waals surface area contributed by atoms with Crippen molar-refractivity contribution in [3.63, 3.8) is 0 Å². The zero-order valence-electron chi connectivity index (χ0n) is 21.6. The van der Waals surface area contributed by atoms with Crippen LogP contribution in [0.25, 0.3) is 11.0 Å². The summed E-state index contributed by atoms with van der Waals surface area (Å²) in [7, 11) is -0.201. The Balaban J connectivity index is 1.37. The summed E-state index contributed by atoms with van der Waals surface area (Å²) in [5.41, 5.74) is 2.92. The van der Waals surface area contributed by atoms with Crippen LogP contribution in [-0.2, 0) is 37.5 Å². The molecule has 2 aromatic carbocycles. The highest BCUT2D eigenvalue weighted by molar-refractivity contribution is 7.85. The van der Waals surface area contributed by atoms with Crippen molar-refractivity contribution >= 4 is 33.0 Å². The summed E-state index contributed by atoms with van der Waals surface area (Å²) in [5.74, 6) is 0.470. The van der Waals surface area contributed by atoms with Crippen molar-refractivity contribution in [2.24, 2.45) is 13.0 Å². The van der Waals surface area contributed by atoms with E-state index in [-0.39, 0.29) is 55.3 Å². The largest absolute Gasteiger partial charge is 0.497 e. The Labute approximate surface area is 220 Å². The Morgan fingerprint density at radius 2 is 1.71 bits per heavy atom. The molecule has 1 aliphatic carbocycles. The van der Waals surface area contributed by atoms with Crippen LogP contribution in [0.1, 0.15) is 48.8 Å². The molecule has 3 aromatic rings. The predicted octanol–water partition coefficient (Wildman–Crippen LogP) is 2.71. The Morgan fingerprint density at radius 1 is 1.00 bits per heavy atom. The lowest BCUT2D eigenvalue weighted by atomic mass is 9.72. The number of hydrogen-bond acceptors (Lipinski definition) is 7. The van der Waals surface area contributed by atoms with Crippen molar-refractivity contribution in [1.82, 2.24) is 14.0 Å². The summed E-state index contributed by atoms with van der Waals surface area (Å²) in [4.78, 5) is 40.8. The molecule has 1 saturated heterocycles. The number of imidazole rings is 1. The van der Waals surface area contributed by atoms with Crippen LogP contribution in [-0.4, -0.2) is 54.2 Å². The highest BCUT2D eigenvalue weighted by Gasteiger charge is 2.38. The number of aromatic nitrogens is 2. The molecule has 1 saturated carbocycles. The average Bonchev–Trinajstić information content (AvgIpc) is 3.10. The number of aryl methyl sites for hydroxylation is 1.